The van der Waals surface area contributed by atoms with Gasteiger partial charge in [-0.2, -0.15) is 17.0 Å². The molecule has 1 aromatic heterocycles. The molecular weight excluding hydrogens is 252 g/mol. The summed E-state index contributed by atoms with van der Waals surface area (Å²) in [6.07, 6.45) is 4.15. The highest BCUT2D eigenvalue weighted by Gasteiger charge is 2.20. The molecule has 0 saturated carbocycles. The van der Waals surface area contributed by atoms with Gasteiger partial charge in [-0.15, -0.1) is 11.3 Å². The number of hydrogen-bond donors (Lipinski definition) is 0. The lowest BCUT2D eigenvalue weighted by molar-refractivity contribution is 0.111. The molecule has 3 nitrogen and oxygen atoms in total. The zero-order valence-electron chi connectivity index (χ0n) is 9.72. The maximum Gasteiger partial charge on any atom is 0.122 e. The maximum absolute atomic E-state index is 8.42. The molecule has 1 aliphatic rings. The molecule has 92 valence electrons. The van der Waals surface area contributed by atoms with Gasteiger partial charge < -0.3 is 4.74 Å². The van der Waals surface area contributed by atoms with E-state index in [4.69, 9.17) is 10.00 Å². The summed E-state index contributed by atoms with van der Waals surface area (Å²) in [6, 6.07) is 2.16. The molecular formula is C12H16N2OS2. The van der Waals surface area contributed by atoms with Gasteiger partial charge in [-0.05, 0) is 25.0 Å². The molecule has 5 heteroatoms. The summed E-state index contributed by atoms with van der Waals surface area (Å²) in [7, 11) is 0. The van der Waals surface area contributed by atoms with Crippen molar-refractivity contribution >= 4 is 23.1 Å². The average Bonchev–Trinajstić information content (AvgIpc) is 2.99. The number of nitriles is 1. The molecule has 1 aliphatic heterocycles. The second-order valence-corrected chi connectivity index (χ2v) is 5.99. The zero-order chi connectivity index (χ0) is 11.9. The van der Waals surface area contributed by atoms with Crippen molar-refractivity contribution in [2.45, 2.75) is 37.5 Å². The molecule has 2 rings (SSSR count). The minimum atomic E-state index is 0.248. The van der Waals surface area contributed by atoms with Crippen LogP contribution in [0.15, 0.2) is 5.38 Å². The van der Waals surface area contributed by atoms with E-state index in [2.05, 4.69) is 16.4 Å². The Kier molecular flexibility index (Phi) is 5.30. The zero-order valence-corrected chi connectivity index (χ0v) is 11.4. The highest BCUT2D eigenvalue weighted by Crippen LogP contribution is 2.31. The van der Waals surface area contributed by atoms with Gasteiger partial charge in [0.15, 0.2) is 0 Å². The molecule has 1 saturated heterocycles. The van der Waals surface area contributed by atoms with Crippen molar-refractivity contribution in [1.82, 2.24) is 4.98 Å². The fourth-order valence-electron chi connectivity index (χ4n) is 1.74. The number of rotatable bonds is 6. The summed E-state index contributed by atoms with van der Waals surface area (Å²) in [6.45, 7) is 0.877. The predicted molar refractivity (Wildman–Crippen MR) is 71.1 cm³/mol. The summed E-state index contributed by atoms with van der Waals surface area (Å²) >= 11 is 3.57. The molecule has 0 unspecified atom stereocenters. The first-order valence-electron chi connectivity index (χ1n) is 5.91. The lowest BCUT2D eigenvalue weighted by atomic mass is 10.2. The summed E-state index contributed by atoms with van der Waals surface area (Å²) in [5, 5.41) is 11.7. The first-order valence-corrected chi connectivity index (χ1v) is 7.94. The van der Waals surface area contributed by atoms with Gasteiger partial charge in [-0.1, -0.05) is 0 Å². The van der Waals surface area contributed by atoms with Crippen LogP contribution in [0.4, 0.5) is 0 Å². The van der Waals surface area contributed by atoms with Crippen LogP contribution in [0.2, 0.25) is 0 Å². The topological polar surface area (TPSA) is 45.9 Å². The Labute approximate surface area is 110 Å². The first-order chi connectivity index (χ1) is 8.40. The minimum Gasteiger partial charge on any atom is -0.371 e. The van der Waals surface area contributed by atoms with Gasteiger partial charge >= 0.3 is 0 Å². The Morgan fingerprint density at radius 2 is 2.59 bits per heavy atom. The van der Waals surface area contributed by atoms with Crippen LogP contribution in [0, 0.1) is 11.3 Å². The molecule has 0 bridgehead atoms. The molecule has 2 heterocycles. The first kappa shape index (κ1) is 12.9. The smallest absolute Gasteiger partial charge is 0.122 e. The van der Waals surface area contributed by atoms with Crippen LogP contribution in [-0.2, 0) is 10.5 Å². The van der Waals surface area contributed by atoms with Crippen LogP contribution in [0.5, 0.6) is 0 Å². The predicted octanol–water partition coefficient (Wildman–Crippen LogP) is 3.53. The second kappa shape index (κ2) is 7.00. The fraction of sp³-hybridized carbons (Fsp3) is 0.667. The van der Waals surface area contributed by atoms with Crippen LogP contribution in [-0.4, -0.2) is 17.3 Å². The van der Waals surface area contributed by atoms with Gasteiger partial charge in [0, 0.05) is 24.2 Å². The van der Waals surface area contributed by atoms with Gasteiger partial charge in [0.2, 0.25) is 0 Å². The normalized spacial score (nSPS) is 19.4. The summed E-state index contributed by atoms with van der Waals surface area (Å²) in [5.41, 5.74) is 1.16. The van der Waals surface area contributed by atoms with E-state index in [1.165, 1.54) is 0 Å². The Morgan fingerprint density at radius 3 is 3.35 bits per heavy atom. The number of unbranched alkanes of at least 4 members (excludes halogenated alkanes) is 1. The SMILES string of the molecule is N#CCCCSCc1csc([C@H]2CCCO2)n1. The highest BCUT2D eigenvalue weighted by atomic mass is 32.2. The van der Waals surface area contributed by atoms with Crippen molar-refractivity contribution in [3.05, 3.63) is 16.1 Å². The standard InChI is InChI=1S/C12H16N2OS2/c13-5-1-2-7-16-8-10-9-17-12(14-10)11-4-3-6-15-11/h9,11H,1-4,6-8H2/t11-/m1/s1. The molecule has 1 aromatic rings. The number of hydrogen-bond acceptors (Lipinski definition) is 5. The number of nitrogens with zero attached hydrogens (tertiary/aromatic N) is 2. The van der Waals surface area contributed by atoms with E-state index in [-0.39, 0.29) is 6.10 Å². The number of thioether (sulfide) groups is 1. The average molecular weight is 268 g/mol. The van der Waals surface area contributed by atoms with E-state index in [0.717, 1.165) is 48.1 Å². The summed E-state index contributed by atoms with van der Waals surface area (Å²) in [5.74, 6) is 2.00. The Balaban J connectivity index is 1.72. The van der Waals surface area contributed by atoms with Gasteiger partial charge in [-0.3, -0.25) is 0 Å². The lowest BCUT2D eigenvalue weighted by Gasteiger charge is -2.03. The van der Waals surface area contributed by atoms with Gasteiger partial charge in [0.05, 0.1) is 11.8 Å². The van der Waals surface area contributed by atoms with E-state index >= 15 is 0 Å². The Morgan fingerprint density at radius 1 is 1.65 bits per heavy atom. The molecule has 0 spiro atoms. The lowest BCUT2D eigenvalue weighted by Crippen LogP contribution is -1.95. The van der Waals surface area contributed by atoms with Crippen LogP contribution in [0.1, 0.15) is 42.5 Å². The fourth-order valence-corrected chi connectivity index (χ4v) is 3.60. The van der Waals surface area contributed by atoms with Gasteiger partial charge in [0.1, 0.15) is 11.1 Å². The van der Waals surface area contributed by atoms with E-state index in [1.807, 2.05) is 11.8 Å². The maximum atomic E-state index is 8.42. The van der Waals surface area contributed by atoms with E-state index in [1.54, 1.807) is 11.3 Å². The van der Waals surface area contributed by atoms with Crippen molar-refractivity contribution in [2.24, 2.45) is 0 Å². The minimum absolute atomic E-state index is 0.248. The van der Waals surface area contributed by atoms with E-state index in [0.29, 0.717) is 6.42 Å². The number of aromatic nitrogens is 1. The molecule has 1 atom stereocenters. The monoisotopic (exact) mass is 268 g/mol. The van der Waals surface area contributed by atoms with E-state index in [9.17, 15) is 0 Å². The number of ether oxygens (including phenoxy) is 1. The molecule has 0 aliphatic carbocycles. The number of thiazole rings is 1. The van der Waals surface area contributed by atoms with E-state index < -0.39 is 0 Å². The van der Waals surface area contributed by atoms with Crippen molar-refractivity contribution in [3.63, 3.8) is 0 Å². The van der Waals surface area contributed by atoms with Crippen LogP contribution in [0.3, 0.4) is 0 Å². The largest absolute Gasteiger partial charge is 0.371 e. The molecule has 0 aromatic carbocycles. The van der Waals surface area contributed by atoms with Gasteiger partial charge in [0.25, 0.3) is 0 Å². The van der Waals surface area contributed by atoms with Crippen molar-refractivity contribution in [2.75, 3.05) is 12.4 Å². The third-order valence-corrected chi connectivity index (χ3v) is 4.66. The third-order valence-electron chi connectivity index (χ3n) is 2.60. The van der Waals surface area contributed by atoms with Crippen LogP contribution < -0.4 is 0 Å². The quantitative estimate of drug-likeness (QED) is 0.740. The van der Waals surface area contributed by atoms with Crippen LogP contribution >= 0.6 is 23.1 Å². The van der Waals surface area contributed by atoms with Crippen molar-refractivity contribution in [1.29, 1.82) is 5.26 Å². The summed E-state index contributed by atoms with van der Waals surface area (Å²) < 4.78 is 5.61. The third kappa shape index (κ3) is 3.98. The Bertz CT molecular complexity index is 380. The van der Waals surface area contributed by atoms with Crippen LogP contribution in [0.25, 0.3) is 0 Å². The van der Waals surface area contributed by atoms with Crippen molar-refractivity contribution < 1.29 is 4.74 Å². The van der Waals surface area contributed by atoms with Gasteiger partial charge in [-0.25, -0.2) is 4.98 Å². The Hall–Kier alpha value is -0.570. The molecule has 17 heavy (non-hydrogen) atoms. The molecule has 0 amide bonds. The highest BCUT2D eigenvalue weighted by molar-refractivity contribution is 7.98. The molecule has 0 radical (unpaired) electrons. The molecule has 0 N–H and O–H groups in total. The second-order valence-electron chi connectivity index (χ2n) is 3.99. The molecule has 1 fully saturated rings. The summed E-state index contributed by atoms with van der Waals surface area (Å²) in [4.78, 5) is 4.62. The van der Waals surface area contributed by atoms with Crippen molar-refractivity contribution in [3.8, 4) is 6.07 Å².